The van der Waals surface area contributed by atoms with Gasteiger partial charge in [0.15, 0.2) is 5.78 Å². The average molecular weight is 399 g/mol. The van der Waals surface area contributed by atoms with E-state index in [1.165, 1.54) is 37.7 Å². The summed E-state index contributed by atoms with van der Waals surface area (Å²) in [5, 5.41) is 10.3. The quantitative estimate of drug-likeness (QED) is 0.506. The lowest BCUT2D eigenvalue weighted by Crippen LogP contribution is -2.51. The number of hydrogen-bond donors (Lipinski definition) is 2. The van der Waals surface area contributed by atoms with Crippen molar-refractivity contribution < 1.29 is 13.8 Å². The predicted octanol–water partition coefficient (Wildman–Crippen LogP) is 6.34. The Morgan fingerprint density at radius 1 is 1.07 bits per heavy atom. The molecule has 0 aliphatic heterocycles. The van der Waals surface area contributed by atoms with Gasteiger partial charge in [-0.15, -0.1) is 0 Å². The number of fused-ring (bicyclic) bond motifs is 5. The maximum Gasteiger partial charge on any atom is 0.155 e. The number of aliphatic hydroxyl groups excluding tert-OH is 1. The molecule has 0 amide bonds. The van der Waals surface area contributed by atoms with E-state index in [1.807, 2.05) is 39.9 Å². The maximum atomic E-state index is 11.9. The maximum absolute atomic E-state index is 11.9. The molecule has 0 bridgehead atoms. The molecule has 7 atom stereocenters. The monoisotopic (exact) mass is 398 g/mol. The molecule has 0 saturated heterocycles. The molecule has 4 rings (SSSR count). The Bertz CT molecular complexity index is 561. The van der Waals surface area contributed by atoms with E-state index in [1.54, 1.807) is 0 Å². The van der Waals surface area contributed by atoms with Crippen molar-refractivity contribution in [3.63, 3.8) is 0 Å². The number of carbonyl (C=O) groups excluding carboxylic acids is 1. The van der Waals surface area contributed by atoms with Crippen LogP contribution in [0.2, 0.25) is 0 Å². The molecular formula is C23H39FO2S. The average Bonchev–Trinajstić information content (AvgIpc) is 3.03. The lowest BCUT2D eigenvalue weighted by atomic mass is 9.46. The summed E-state index contributed by atoms with van der Waals surface area (Å²) in [5.74, 6) is 3.21. The first kappa shape index (κ1) is 22.9. The van der Waals surface area contributed by atoms with Crippen molar-refractivity contribution in [2.24, 2.45) is 34.5 Å². The molecule has 0 radical (unpaired) electrons. The van der Waals surface area contributed by atoms with Gasteiger partial charge < -0.3 is 5.11 Å². The Morgan fingerprint density at radius 2 is 1.74 bits per heavy atom. The molecule has 0 spiro atoms. The molecule has 3 fully saturated rings. The van der Waals surface area contributed by atoms with Gasteiger partial charge in [-0.2, -0.15) is 3.89 Å². The fourth-order valence-electron chi connectivity index (χ4n) is 7.39. The van der Waals surface area contributed by atoms with E-state index in [0.717, 1.165) is 37.0 Å². The Kier molecular flexibility index (Phi) is 7.63. The topological polar surface area (TPSA) is 37.3 Å². The van der Waals surface area contributed by atoms with Gasteiger partial charge in [-0.25, -0.2) is 0 Å². The number of hydrogen-bond acceptors (Lipinski definition) is 3. The lowest BCUT2D eigenvalue weighted by Gasteiger charge is -2.58. The van der Waals surface area contributed by atoms with Gasteiger partial charge in [0.1, 0.15) is 0 Å². The molecule has 4 heteroatoms. The van der Waals surface area contributed by atoms with Gasteiger partial charge in [0.05, 0.1) is 6.10 Å². The fourth-order valence-corrected chi connectivity index (χ4v) is 7.39. The van der Waals surface area contributed by atoms with Crippen LogP contribution in [0, 0.1) is 34.5 Å². The van der Waals surface area contributed by atoms with Crippen LogP contribution in [0.1, 0.15) is 86.0 Å². The molecule has 7 unspecified atom stereocenters. The van der Waals surface area contributed by atoms with Gasteiger partial charge >= 0.3 is 0 Å². The van der Waals surface area contributed by atoms with Crippen LogP contribution in [0.3, 0.4) is 0 Å². The molecule has 4 aliphatic carbocycles. The third kappa shape index (κ3) is 3.77. The third-order valence-corrected chi connectivity index (χ3v) is 8.62. The molecule has 0 aromatic heterocycles. The first-order valence-corrected chi connectivity index (χ1v) is 11.3. The molecule has 4 aliphatic rings. The van der Waals surface area contributed by atoms with Gasteiger partial charge in [0.25, 0.3) is 0 Å². The normalized spacial score (nSPS) is 43.6. The van der Waals surface area contributed by atoms with Crippen molar-refractivity contribution in [2.45, 2.75) is 92.1 Å². The predicted molar refractivity (Wildman–Crippen MR) is 113 cm³/mol. The molecular weight excluding hydrogens is 359 g/mol. The minimum atomic E-state index is -0.163. The third-order valence-electron chi connectivity index (χ3n) is 8.62. The minimum Gasteiger partial charge on any atom is -0.393 e. The summed E-state index contributed by atoms with van der Waals surface area (Å²) in [7, 11) is 0. The number of rotatable bonds is 1. The van der Waals surface area contributed by atoms with E-state index >= 15 is 0 Å². The van der Waals surface area contributed by atoms with Crippen molar-refractivity contribution in [1.29, 1.82) is 0 Å². The van der Waals surface area contributed by atoms with Crippen molar-refractivity contribution in [3.05, 3.63) is 11.6 Å². The summed E-state index contributed by atoms with van der Waals surface area (Å²) >= 11 is 2.03. The Labute approximate surface area is 171 Å². The minimum absolute atomic E-state index is 0.163. The molecule has 156 valence electrons. The molecule has 2 nitrogen and oxygen atoms in total. The summed E-state index contributed by atoms with van der Waals surface area (Å²) in [6, 6.07) is 0. The van der Waals surface area contributed by atoms with Crippen molar-refractivity contribution in [1.82, 2.24) is 0 Å². The largest absolute Gasteiger partial charge is 0.393 e. The van der Waals surface area contributed by atoms with E-state index in [9.17, 15) is 13.8 Å². The van der Waals surface area contributed by atoms with Crippen LogP contribution < -0.4 is 0 Å². The summed E-state index contributed by atoms with van der Waals surface area (Å²) in [4.78, 5) is 11.9. The second kappa shape index (κ2) is 8.98. The SMILES string of the molecule is CC.CC(O)C1CCC2C3CCC4=CC(=O)CCC4(C)C3CCC12C.FS. The van der Waals surface area contributed by atoms with Gasteiger partial charge in [-0.05, 0) is 92.4 Å². The molecule has 3 saturated carbocycles. The number of allylic oxidation sites excluding steroid dienone is 1. The Hall–Kier alpha value is -0.350. The van der Waals surface area contributed by atoms with Crippen LogP contribution in [0.5, 0.6) is 0 Å². The standard InChI is InChI=1S/C21H32O2.C2H6.FHS/c1-13(22)17-6-7-18-16-5-4-14-12-15(23)8-10-20(14,2)19(16)9-11-21(17,18)3;2*1-2/h12-13,16-19,22H,4-11H2,1-3H3;1-2H3;2H. The highest BCUT2D eigenvalue weighted by Gasteiger charge is 2.59. The zero-order valence-electron chi connectivity index (χ0n) is 17.8. The fraction of sp³-hybridized carbons (Fsp3) is 0.870. The highest BCUT2D eigenvalue weighted by atomic mass is 32.1. The summed E-state index contributed by atoms with van der Waals surface area (Å²) in [5.41, 5.74) is 2.09. The van der Waals surface area contributed by atoms with Gasteiger partial charge in [-0.3, -0.25) is 4.79 Å². The van der Waals surface area contributed by atoms with E-state index in [0.29, 0.717) is 17.1 Å². The Balaban J connectivity index is 0.000000614. The summed E-state index contributed by atoms with van der Waals surface area (Å²) < 4.78 is 9.19. The second-order valence-electron chi connectivity index (χ2n) is 9.44. The van der Waals surface area contributed by atoms with Crippen LogP contribution in [0.15, 0.2) is 11.6 Å². The van der Waals surface area contributed by atoms with E-state index in [4.69, 9.17) is 0 Å². The number of carbonyl (C=O) groups is 1. The van der Waals surface area contributed by atoms with Crippen LogP contribution in [0.4, 0.5) is 3.89 Å². The molecule has 0 aromatic rings. The zero-order chi connectivity index (χ0) is 20.4. The summed E-state index contributed by atoms with van der Waals surface area (Å²) in [6.45, 7) is 10.9. The van der Waals surface area contributed by atoms with Crippen LogP contribution in [0.25, 0.3) is 0 Å². The van der Waals surface area contributed by atoms with Crippen LogP contribution in [-0.2, 0) is 4.79 Å². The highest BCUT2D eigenvalue weighted by Crippen LogP contribution is 2.66. The van der Waals surface area contributed by atoms with Gasteiger partial charge in [-0.1, -0.05) is 33.3 Å². The number of halogens is 1. The lowest BCUT2D eigenvalue weighted by molar-refractivity contribution is -0.117. The summed E-state index contributed by atoms with van der Waals surface area (Å²) in [6.07, 6.45) is 11.1. The smallest absolute Gasteiger partial charge is 0.155 e. The number of thiol groups is 1. The van der Waals surface area contributed by atoms with Crippen molar-refractivity contribution in [3.8, 4) is 0 Å². The van der Waals surface area contributed by atoms with Gasteiger partial charge in [0, 0.05) is 19.4 Å². The number of aliphatic hydroxyl groups is 1. The van der Waals surface area contributed by atoms with Crippen LogP contribution in [-0.4, -0.2) is 17.0 Å². The van der Waals surface area contributed by atoms with Crippen LogP contribution >= 0.6 is 13.0 Å². The molecule has 27 heavy (non-hydrogen) atoms. The first-order valence-electron chi connectivity index (χ1n) is 10.9. The van der Waals surface area contributed by atoms with Gasteiger partial charge in [0.2, 0.25) is 0 Å². The Morgan fingerprint density at radius 3 is 2.37 bits per heavy atom. The molecule has 0 heterocycles. The van der Waals surface area contributed by atoms with Crippen molar-refractivity contribution >= 4 is 18.8 Å². The van der Waals surface area contributed by atoms with E-state index in [-0.39, 0.29) is 11.5 Å². The van der Waals surface area contributed by atoms with E-state index < -0.39 is 0 Å². The van der Waals surface area contributed by atoms with E-state index in [2.05, 4.69) is 13.8 Å². The molecule has 1 N–H and O–H groups in total. The molecule has 0 aromatic carbocycles. The second-order valence-corrected chi connectivity index (χ2v) is 9.44. The first-order chi connectivity index (χ1) is 12.9. The van der Waals surface area contributed by atoms with Crippen molar-refractivity contribution in [2.75, 3.05) is 0 Å². The highest BCUT2D eigenvalue weighted by molar-refractivity contribution is 7.74. The number of ketones is 1. The zero-order valence-corrected chi connectivity index (χ0v) is 18.7.